The van der Waals surface area contributed by atoms with E-state index in [2.05, 4.69) is 20.2 Å². The Kier molecular flexibility index (Phi) is 4.13. The van der Waals surface area contributed by atoms with Crippen molar-refractivity contribution in [1.82, 2.24) is 24.7 Å². The molecule has 6 nitrogen and oxygen atoms in total. The summed E-state index contributed by atoms with van der Waals surface area (Å²) in [5, 5.41) is 8.00. The lowest BCUT2D eigenvalue weighted by Gasteiger charge is -2.12. The van der Waals surface area contributed by atoms with Crippen LogP contribution in [0, 0.1) is 18.6 Å². The molecular weight excluding hydrogens is 388 g/mol. The Morgan fingerprint density at radius 1 is 1.03 bits per heavy atom. The first-order chi connectivity index (χ1) is 14.5. The van der Waals surface area contributed by atoms with Crippen LogP contribution >= 0.6 is 0 Å². The van der Waals surface area contributed by atoms with Gasteiger partial charge in [0, 0.05) is 17.1 Å². The minimum atomic E-state index is -0.730. The molecular formula is C22H15F2N5O. The average Bonchev–Trinajstić information content (AvgIpc) is 3.12. The van der Waals surface area contributed by atoms with Gasteiger partial charge in [0.1, 0.15) is 11.6 Å². The van der Waals surface area contributed by atoms with E-state index in [0.29, 0.717) is 22.3 Å². The Hall–Kier alpha value is -3.94. The van der Waals surface area contributed by atoms with E-state index >= 15 is 0 Å². The summed E-state index contributed by atoms with van der Waals surface area (Å²) in [7, 11) is 0. The molecule has 0 saturated carbocycles. The number of benzene rings is 2. The molecule has 3 heterocycles. The molecule has 1 N–H and O–H groups in total. The van der Waals surface area contributed by atoms with E-state index in [0.717, 1.165) is 22.8 Å². The summed E-state index contributed by atoms with van der Waals surface area (Å²) in [6, 6.07) is 11.3. The van der Waals surface area contributed by atoms with Gasteiger partial charge in [0.2, 0.25) is 0 Å². The Morgan fingerprint density at radius 2 is 1.83 bits per heavy atom. The molecule has 0 aliphatic rings. The van der Waals surface area contributed by atoms with Crippen LogP contribution in [-0.4, -0.2) is 24.7 Å². The van der Waals surface area contributed by atoms with Crippen LogP contribution in [-0.2, 0) is 6.54 Å². The predicted octanol–water partition coefficient (Wildman–Crippen LogP) is 3.97. The van der Waals surface area contributed by atoms with Crippen molar-refractivity contribution in [3.63, 3.8) is 0 Å². The molecule has 0 saturated heterocycles. The second-order valence-corrected chi connectivity index (χ2v) is 7.02. The fraction of sp³-hybridized carbons (Fsp3) is 0.0909. The smallest absolute Gasteiger partial charge is 0.269 e. The number of H-pyrrole nitrogens is 1. The van der Waals surface area contributed by atoms with Crippen LogP contribution < -0.4 is 5.56 Å². The van der Waals surface area contributed by atoms with Crippen molar-refractivity contribution < 1.29 is 8.78 Å². The zero-order valence-corrected chi connectivity index (χ0v) is 15.9. The second kappa shape index (κ2) is 6.84. The summed E-state index contributed by atoms with van der Waals surface area (Å²) in [5.41, 5.74) is 2.79. The largest absolute Gasteiger partial charge is 0.299 e. The number of aromatic nitrogens is 5. The van der Waals surface area contributed by atoms with Gasteiger partial charge in [-0.3, -0.25) is 14.5 Å². The van der Waals surface area contributed by atoms with Crippen LogP contribution in [0.2, 0.25) is 0 Å². The number of rotatable bonds is 3. The summed E-state index contributed by atoms with van der Waals surface area (Å²) < 4.78 is 31.1. The van der Waals surface area contributed by atoms with Crippen molar-refractivity contribution in [1.29, 1.82) is 0 Å². The molecule has 8 heteroatoms. The lowest BCUT2D eigenvalue weighted by molar-refractivity contribution is 0.545. The van der Waals surface area contributed by atoms with Crippen molar-refractivity contribution in [2.24, 2.45) is 0 Å². The van der Waals surface area contributed by atoms with Gasteiger partial charge in [-0.05, 0) is 48.4 Å². The van der Waals surface area contributed by atoms with Crippen molar-refractivity contribution in [3.05, 3.63) is 88.1 Å². The molecule has 5 rings (SSSR count). The minimum absolute atomic E-state index is 0.198. The van der Waals surface area contributed by atoms with E-state index in [-0.39, 0.29) is 12.1 Å². The van der Waals surface area contributed by atoms with Gasteiger partial charge in [-0.25, -0.2) is 18.7 Å². The number of nitrogens with one attached hydrogen (secondary N) is 1. The lowest BCUT2D eigenvalue weighted by Crippen LogP contribution is -2.22. The molecule has 5 aromatic rings. The van der Waals surface area contributed by atoms with Crippen molar-refractivity contribution in [2.45, 2.75) is 13.5 Å². The average molecular weight is 403 g/mol. The van der Waals surface area contributed by atoms with E-state index in [1.54, 1.807) is 24.3 Å². The fourth-order valence-electron chi connectivity index (χ4n) is 3.58. The van der Waals surface area contributed by atoms with Gasteiger partial charge in [0.25, 0.3) is 5.56 Å². The van der Waals surface area contributed by atoms with Gasteiger partial charge in [-0.15, -0.1) is 0 Å². The summed E-state index contributed by atoms with van der Waals surface area (Å²) >= 11 is 0. The highest BCUT2D eigenvalue weighted by molar-refractivity contribution is 5.86. The first kappa shape index (κ1) is 18.1. The van der Waals surface area contributed by atoms with Gasteiger partial charge in [0.15, 0.2) is 5.65 Å². The van der Waals surface area contributed by atoms with Gasteiger partial charge in [-0.1, -0.05) is 12.1 Å². The standard InChI is InChI=1S/C22H15F2N5O/c1-12-15-5-4-13(9-19(15)28-27-12)14-7-17(23)16(18(24)8-14)11-29-20-3-2-6-25-22(20)26-10-21(29)30/h2-10H,11H2,1H3,(H,27,28). The number of fused-ring (bicyclic) bond motifs is 2. The third kappa shape index (κ3) is 2.93. The topological polar surface area (TPSA) is 76.5 Å². The summed E-state index contributed by atoms with van der Waals surface area (Å²) in [4.78, 5) is 20.3. The third-order valence-electron chi connectivity index (χ3n) is 5.16. The number of hydrogen-bond acceptors (Lipinski definition) is 4. The van der Waals surface area contributed by atoms with E-state index in [1.807, 2.05) is 13.0 Å². The molecule has 148 valence electrons. The summed E-state index contributed by atoms with van der Waals surface area (Å²) in [6.07, 6.45) is 2.64. The Bertz CT molecular complexity index is 1470. The zero-order valence-electron chi connectivity index (χ0n) is 15.9. The molecule has 0 spiro atoms. The Labute approximate surface area is 168 Å². The molecule has 2 aromatic carbocycles. The molecule has 0 aliphatic heterocycles. The molecule has 0 amide bonds. The first-order valence-electron chi connectivity index (χ1n) is 9.25. The van der Waals surface area contributed by atoms with E-state index in [4.69, 9.17) is 0 Å². The molecule has 0 unspecified atom stereocenters. The van der Waals surface area contributed by atoms with Crippen LogP contribution in [0.15, 0.2) is 59.7 Å². The van der Waals surface area contributed by atoms with Crippen LogP contribution in [0.25, 0.3) is 33.2 Å². The zero-order chi connectivity index (χ0) is 20.8. The fourth-order valence-corrected chi connectivity index (χ4v) is 3.58. The molecule has 0 bridgehead atoms. The lowest BCUT2D eigenvalue weighted by atomic mass is 10.0. The number of pyridine rings is 1. The molecule has 0 radical (unpaired) electrons. The van der Waals surface area contributed by atoms with Gasteiger partial charge in [-0.2, -0.15) is 5.10 Å². The van der Waals surface area contributed by atoms with Crippen LogP contribution in [0.1, 0.15) is 11.3 Å². The monoisotopic (exact) mass is 403 g/mol. The van der Waals surface area contributed by atoms with Crippen LogP contribution in [0.4, 0.5) is 8.78 Å². The maximum Gasteiger partial charge on any atom is 0.269 e. The quantitative estimate of drug-likeness (QED) is 0.495. The Morgan fingerprint density at radius 3 is 2.63 bits per heavy atom. The Balaban J connectivity index is 1.58. The summed E-state index contributed by atoms with van der Waals surface area (Å²) in [5.74, 6) is -1.46. The minimum Gasteiger partial charge on any atom is -0.299 e. The molecule has 0 aliphatic carbocycles. The normalized spacial score (nSPS) is 11.4. The predicted molar refractivity (Wildman–Crippen MR) is 109 cm³/mol. The van der Waals surface area contributed by atoms with Crippen LogP contribution in [0.5, 0.6) is 0 Å². The number of halogens is 2. The highest BCUT2D eigenvalue weighted by Crippen LogP contribution is 2.28. The van der Waals surface area contributed by atoms with Gasteiger partial charge in [0.05, 0.1) is 29.5 Å². The maximum atomic E-state index is 14.9. The van der Waals surface area contributed by atoms with Gasteiger partial charge >= 0.3 is 0 Å². The van der Waals surface area contributed by atoms with E-state index in [9.17, 15) is 13.6 Å². The van der Waals surface area contributed by atoms with E-state index < -0.39 is 17.2 Å². The highest BCUT2D eigenvalue weighted by atomic mass is 19.1. The number of hydrogen-bond donors (Lipinski definition) is 1. The summed E-state index contributed by atoms with van der Waals surface area (Å²) in [6.45, 7) is 1.62. The van der Waals surface area contributed by atoms with Crippen molar-refractivity contribution in [2.75, 3.05) is 0 Å². The SMILES string of the molecule is Cc1n[nH]c2cc(-c3cc(F)c(Cn4c(=O)cnc5ncccc54)c(F)c3)ccc12. The number of nitrogens with zero attached hydrogens (tertiary/aromatic N) is 4. The number of aromatic amines is 1. The van der Waals surface area contributed by atoms with Gasteiger partial charge < -0.3 is 0 Å². The molecule has 3 aromatic heterocycles. The molecule has 0 fully saturated rings. The second-order valence-electron chi connectivity index (χ2n) is 7.02. The molecule has 0 atom stereocenters. The molecule has 30 heavy (non-hydrogen) atoms. The highest BCUT2D eigenvalue weighted by Gasteiger charge is 2.16. The maximum absolute atomic E-state index is 14.9. The van der Waals surface area contributed by atoms with Crippen molar-refractivity contribution >= 4 is 22.1 Å². The van der Waals surface area contributed by atoms with Crippen LogP contribution in [0.3, 0.4) is 0 Å². The van der Waals surface area contributed by atoms with E-state index in [1.165, 1.54) is 22.9 Å². The van der Waals surface area contributed by atoms with Crippen molar-refractivity contribution in [3.8, 4) is 11.1 Å². The number of aryl methyl sites for hydroxylation is 1. The first-order valence-corrected chi connectivity index (χ1v) is 9.25. The third-order valence-corrected chi connectivity index (χ3v) is 5.16.